The molecule has 47 heavy (non-hydrogen) atoms. The van der Waals surface area contributed by atoms with Gasteiger partial charge in [-0.1, -0.05) is 36.4 Å². The monoisotopic (exact) mass is 625 g/mol. The average Bonchev–Trinajstić information content (AvgIpc) is 3.77. The van der Waals surface area contributed by atoms with Gasteiger partial charge in [0, 0.05) is 54.8 Å². The van der Waals surface area contributed by atoms with Gasteiger partial charge in [-0.05, 0) is 65.8 Å². The van der Waals surface area contributed by atoms with Crippen molar-refractivity contribution in [1.82, 2.24) is 40.4 Å². The van der Waals surface area contributed by atoms with E-state index in [1.807, 2.05) is 61.8 Å². The third kappa shape index (κ3) is 6.48. The first-order valence-corrected chi connectivity index (χ1v) is 15.4. The summed E-state index contributed by atoms with van der Waals surface area (Å²) in [5, 5.41) is 28.3. The van der Waals surface area contributed by atoms with Crippen molar-refractivity contribution < 1.29 is 9.42 Å². The minimum atomic E-state index is -0.189. The number of fused-ring (bicyclic) bond motifs is 1. The highest BCUT2D eigenvalue weighted by Crippen LogP contribution is 2.30. The second kappa shape index (κ2) is 13.1. The molecule has 0 radical (unpaired) electrons. The summed E-state index contributed by atoms with van der Waals surface area (Å²) in [4.78, 5) is 29.4. The number of pyridine rings is 1. The van der Waals surface area contributed by atoms with Gasteiger partial charge in [-0.25, -0.2) is 24.4 Å². The van der Waals surface area contributed by atoms with Gasteiger partial charge in [-0.3, -0.25) is 9.58 Å². The quantitative estimate of drug-likeness (QED) is 0.221. The number of aryl methyl sites for hydroxylation is 1. The molecule has 2 N–H and O–H groups in total. The Bertz CT molecular complexity index is 2040. The molecule has 6 aromatic rings. The number of amides is 2. The largest absolute Gasteiger partial charge is 0.351 e. The first kappa shape index (κ1) is 29.5. The van der Waals surface area contributed by atoms with E-state index in [1.165, 1.54) is 6.20 Å². The molecule has 2 aromatic carbocycles. The fraction of sp³-hybridized carbons (Fsp3) is 0.235. The molecule has 1 aliphatic rings. The van der Waals surface area contributed by atoms with Gasteiger partial charge in [0.25, 0.3) is 0 Å². The molecule has 2 amide bonds. The SMILES string of the molecule is Cn1cc(-c2ccc(N(C(=O)NCc3ccccc3)[C@H]3CC[C@H](Nc4ncc(C#N)c(-c5ccc6nonc6c5)n4)CC3)nc2)cn1. The summed E-state index contributed by atoms with van der Waals surface area (Å²) in [6, 6.07) is 21.1. The van der Waals surface area contributed by atoms with Gasteiger partial charge < -0.3 is 10.6 Å². The van der Waals surface area contributed by atoms with E-state index in [9.17, 15) is 10.1 Å². The number of aromatic nitrogens is 7. The molecule has 13 heteroatoms. The van der Waals surface area contributed by atoms with Crippen LogP contribution >= 0.6 is 0 Å². The van der Waals surface area contributed by atoms with Gasteiger partial charge in [0.2, 0.25) is 5.95 Å². The Morgan fingerprint density at radius 1 is 0.957 bits per heavy atom. The molecule has 4 aromatic heterocycles. The molecule has 0 atom stereocenters. The Labute approximate surface area is 270 Å². The third-order valence-corrected chi connectivity index (χ3v) is 8.37. The van der Waals surface area contributed by atoms with Crippen molar-refractivity contribution >= 4 is 28.8 Å². The fourth-order valence-electron chi connectivity index (χ4n) is 5.93. The van der Waals surface area contributed by atoms with Crippen LogP contribution in [0.1, 0.15) is 36.8 Å². The number of carbonyl (C=O) groups is 1. The zero-order valence-electron chi connectivity index (χ0n) is 25.6. The number of nitrogens with one attached hydrogen (secondary N) is 2. The maximum Gasteiger partial charge on any atom is 0.323 e. The third-order valence-electron chi connectivity index (χ3n) is 8.37. The number of nitriles is 1. The molecule has 4 heterocycles. The molecule has 0 spiro atoms. The predicted molar refractivity (Wildman–Crippen MR) is 175 cm³/mol. The highest BCUT2D eigenvalue weighted by molar-refractivity contribution is 5.91. The number of carbonyl (C=O) groups excluding carboxylic acids is 1. The van der Waals surface area contributed by atoms with Gasteiger partial charge in [-0.15, -0.1) is 0 Å². The minimum Gasteiger partial charge on any atom is -0.351 e. The van der Waals surface area contributed by atoms with Crippen LogP contribution in [0.3, 0.4) is 0 Å². The van der Waals surface area contributed by atoms with Crippen LogP contribution < -0.4 is 15.5 Å². The molecule has 0 saturated heterocycles. The molecule has 1 aliphatic carbocycles. The number of anilines is 2. The highest BCUT2D eigenvalue weighted by atomic mass is 16.6. The second-order valence-corrected chi connectivity index (χ2v) is 11.5. The number of benzene rings is 2. The predicted octanol–water partition coefficient (Wildman–Crippen LogP) is 5.49. The molecule has 0 bridgehead atoms. The normalized spacial score (nSPS) is 16.0. The van der Waals surface area contributed by atoms with Crippen molar-refractivity contribution in [3.05, 3.63) is 96.6 Å². The van der Waals surface area contributed by atoms with Crippen LogP contribution in [0.25, 0.3) is 33.4 Å². The van der Waals surface area contributed by atoms with Crippen molar-refractivity contribution in [1.29, 1.82) is 5.26 Å². The van der Waals surface area contributed by atoms with E-state index in [4.69, 9.17) is 14.6 Å². The summed E-state index contributed by atoms with van der Waals surface area (Å²) in [7, 11) is 1.87. The molecule has 1 saturated carbocycles. The number of urea groups is 1. The van der Waals surface area contributed by atoms with Crippen LogP contribution in [0.4, 0.5) is 16.6 Å². The van der Waals surface area contributed by atoms with Crippen molar-refractivity contribution in [2.24, 2.45) is 7.05 Å². The summed E-state index contributed by atoms with van der Waals surface area (Å²) in [5.74, 6) is 1.03. The molecule has 234 valence electrons. The standard InChI is InChI=1S/C34H31N11O2/c1-44-21-26(20-39-44)24-8-14-31(36-18-24)45(34(46)38-17-22-5-3-2-4-6-22)28-11-9-27(10-12-28)40-33-37-19-25(16-35)32(41-33)23-7-13-29-30(15-23)43-47-42-29/h2-8,13-15,18-21,27-28H,9-12,17H2,1H3,(H,38,46)(H,37,40,41)/t27-,28-. The van der Waals surface area contributed by atoms with Gasteiger partial charge in [0.05, 0.1) is 23.7 Å². The number of nitrogens with zero attached hydrogens (tertiary/aromatic N) is 9. The maximum atomic E-state index is 13.7. The van der Waals surface area contributed by atoms with Crippen molar-refractivity contribution in [3.63, 3.8) is 0 Å². The van der Waals surface area contributed by atoms with E-state index in [1.54, 1.807) is 34.1 Å². The van der Waals surface area contributed by atoms with Gasteiger partial charge in [0.15, 0.2) is 0 Å². The molecule has 7 rings (SSSR count). The van der Waals surface area contributed by atoms with E-state index in [-0.39, 0.29) is 18.1 Å². The van der Waals surface area contributed by atoms with Gasteiger partial charge in [0.1, 0.15) is 22.9 Å². The van der Waals surface area contributed by atoms with Gasteiger partial charge in [-0.2, -0.15) is 10.4 Å². The molecular weight excluding hydrogens is 594 g/mol. The lowest BCUT2D eigenvalue weighted by molar-refractivity contribution is 0.240. The minimum absolute atomic E-state index is 0.0548. The summed E-state index contributed by atoms with van der Waals surface area (Å²) in [5.41, 5.74) is 5.70. The molecule has 0 unspecified atom stereocenters. The highest BCUT2D eigenvalue weighted by Gasteiger charge is 2.31. The average molecular weight is 626 g/mol. The Kier molecular flexibility index (Phi) is 8.21. The zero-order chi connectivity index (χ0) is 32.2. The van der Waals surface area contributed by atoms with Crippen molar-refractivity contribution in [2.45, 2.75) is 44.3 Å². The van der Waals surface area contributed by atoms with Crippen molar-refractivity contribution in [3.8, 4) is 28.5 Å². The number of hydrogen-bond donors (Lipinski definition) is 2. The Balaban J connectivity index is 1.07. The van der Waals surface area contributed by atoms with E-state index in [0.29, 0.717) is 40.6 Å². The van der Waals surface area contributed by atoms with E-state index in [0.717, 1.165) is 47.9 Å². The lowest BCUT2D eigenvalue weighted by Gasteiger charge is -2.36. The summed E-state index contributed by atoms with van der Waals surface area (Å²) in [6.07, 6.45) is 10.1. The Hall–Kier alpha value is -6.16. The van der Waals surface area contributed by atoms with Crippen LogP contribution in [-0.2, 0) is 13.6 Å². The molecule has 0 aliphatic heterocycles. The first-order valence-electron chi connectivity index (χ1n) is 15.4. The lowest BCUT2D eigenvalue weighted by atomic mass is 9.90. The topological polar surface area (TPSA) is 164 Å². The summed E-state index contributed by atoms with van der Waals surface area (Å²) < 4.78 is 6.57. The second-order valence-electron chi connectivity index (χ2n) is 11.5. The van der Waals surface area contributed by atoms with Crippen LogP contribution in [0.15, 0.2) is 90.1 Å². The van der Waals surface area contributed by atoms with Crippen LogP contribution in [0.2, 0.25) is 0 Å². The molecule has 1 fully saturated rings. The van der Waals surface area contributed by atoms with Crippen molar-refractivity contribution in [2.75, 3.05) is 10.2 Å². The lowest BCUT2D eigenvalue weighted by Crippen LogP contribution is -2.49. The van der Waals surface area contributed by atoms with Gasteiger partial charge >= 0.3 is 6.03 Å². The van der Waals surface area contributed by atoms with Crippen LogP contribution in [0.5, 0.6) is 0 Å². The number of rotatable bonds is 8. The molecule has 13 nitrogen and oxygen atoms in total. The summed E-state index contributed by atoms with van der Waals surface area (Å²) >= 11 is 0. The number of hydrogen-bond acceptors (Lipinski definition) is 10. The van der Waals surface area contributed by atoms with E-state index in [2.05, 4.69) is 37.1 Å². The van der Waals surface area contributed by atoms with E-state index >= 15 is 0 Å². The first-order chi connectivity index (χ1) is 23.0. The Morgan fingerprint density at radius 3 is 2.51 bits per heavy atom. The molecular formula is C34H31N11O2. The maximum absolute atomic E-state index is 13.7. The Morgan fingerprint density at radius 2 is 1.77 bits per heavy atom. The van der Waals surface area contributed by atoms with E-state index < -0.39 is 0 Å². The van der Waals surface area contributed by atoms with Crippen LogP contribution in [0, 0.1) is 11.3 Å². The summed E-state index contributed by atoms with van der Waals surface area (Å²) in [6.45, 7) is 0.416. The fourth-order valence-corrected chi connectivity index (χ4v) is 5.93. The zero-order valence-corrected chi connectivity index (χ0v) is 25.6. The smallest absolute Gasteiger partial charge is 0.323 e. The van der Waals surface area contributed by atoms with Crippen LogP contribution in [-0.4, -0.2) is 53.2 Å².